The molecule has 54 heavy (non-hydrogen) atoms. The molecule has 2 aromatic heterocycles. The fraction of sp³-hybridized carbons (Fsp3) is 0.757. The average Bonchev–Trinajstić information content (AvgIpc) is 3.91. The van der Waals surface area contributed by atoms with Gasteiger partial charge in [0.15, 0.2) is 23.2 Å². The normalized spacial score (nSPS) is 25.4. The van der Waals surface area contributed by atoms with Crippen molar-refractivity contribution in [1.82, 2.24) is 40.4 Å². The number of urea groups is 1. The number of aliphatic carboxylic acids is 1. The van der Waals surface area contributed by atoms with Crippen LogP contribution in [0.2, 0.25) is 0 Å². The average molecular weight is 773 g/mol. The van der Waals surface area contributed by atoms with Crippen molar-refractivity contribution in [3.05, 3.63) is 12.7 Å². The molecule has 0 unspecified atom stereocenters. The highest BCUT2D eigenvalue weighted by Crippen LogP contribution is 2.34. The number of ether oxygens (including phenoxy) is 1. The van der Waals surface area contributed by atoms with Crippen LogP contribution in [0.1, 0.15) is 96.1 Å². The highest BCUT2D eigenvalue weighted by Gasteiger charge is 2.45. The summed E-state index contributed by atoms with van der Waals surface area (Å²) in [5.74, 6) is 0.627. The van der Waals surface area contributed by atoms with E-state index in [0.29, 0.717) is 53.8 Å². The number of hydrogen-bond acceptors (Lipinski definition) is 13. The van der Waals surface area contributed by atoms with E-state index in [2.05, 4.69) is 47.1 Å². The van der Waals surface area contributed by atoms with E-state index in [1.165, 1.54) is 51.2 Å². The van der Waals surface area contributed by atoms with Crippen molar-refractivity contribution >= 4 is 53.2 Å². The number of rotatable bonds is 26. The Morgan fingerprint density at radius 1 is 1.02 bits per heavy atom. The zero-order valence-corrected chi connectivity index (χ0v) is 32.4. The number of aliphatic hydroxyl groups is 2. The molecule has 2 amide bonds. The summed E-state index contributed by atoms with van der Waals surface area (Å²) in [5, 5.41) is 40.6. The summed E-state index contributed by atoms with van der Waals surface area (Å²) in [4.78, 5) is 46.4. The van der Waals surface area contributed by atoms with Gasteiger partial charge in [0.2, 0.25) is 0 Å². The van der Waals surface area contributed by atoms with Gasteiger partial charge in [-0.2, -0.15) is 11.8 Å². The fourth-order valence-corrected chi connectivity index (χ4v) is 8.82. The van der Waals surface area contributed by atoms with Gasteiger partial charge in [-0.15, -0.1) is 0 Å². The molecular weight excluding hydrogens is 713 g/mol. The van der Waals surface area contributed by atoms with Crippen LogP contribution in [0.4, 0.5) is 10.6 Å². The van der Waals surface area contributed by atoms with Crippen molar-refractivity contribution < 1.29 is 29.6 Å². The van der Waals surface area contributed by atoms with Gasteiger partial charge in [-0.25, -0.2) is 24.7 Å². The second-order valence-electron chi connectivity index (χ2n) is 14.6. The number of nitrogens with zero attached hydrogens (tertiary/aromatic N) is 7. The van der Waals surface area contributed by atoms with E-state index < -0.39 is 30.5 Å². The van der Waals surface area contributed by atoms with Crippen LogP contribution in [-0.4, -0.2) is 145 Å². The van der Waals surface area contributed by atoms with Crippen LogP contribution in [0.25, 0.3) is 11.2 Å². The van der Waals surface area contributed by atoms with E-state index in [1.807, 2.05) is 29.9 Å². The maximum Gasteiger partial charge on any atom is 0.315 e. The second kappa shape index (κ2) is 22.4. The Hall–Kier alpha value is -3.22. The molecule has 0 aliphatic carbocycles. The van der Waals surface area contributed by atoms with Gasteiger partial charge in [0.25, 0.3) is 0 Å². The first-order chi connectivity index (χ1) is 26.3. The Morgan fingerprint density at radius 2 is 1.80 bits per heavy atom. The Bertz CT molecular complexity index is 1510. The summed E-state index contributed by atoms with van der Waals surface area (Å²) < 4.78 is 7.64. The van der Waals surface area contributed by atoms with Crippen LogP contribution in [0, 0.1) is 0 Å². The number of aromatic nitrogens is 4. The lowest BCUT2D eigenvalue weighted by molar-refractivity contribution is -0.137. The molecule has 17 heteroatoms. The SMILES string of the molecule is CN(CCCC(=O)O)C[C@H]1O[C@@H](n2cnc3c(N=CCCCCCC=NCCCCCNCCCCC[C@H]4SC[C@H]5NC(=O)N[C@H]54)ncnc32)[C@H](O)[C@@H]1O. The lowest BCUT2D eigenvalue weighted by Crippen LogP contribution is -2.38. The zero-order valence-electron chi connectivity index (χ0n) is 31.6. The lowest BCUT2D eigenvalue weighted by Gasteiger charge is -2.22. The largest absolute Gasteiger partial charge is 0.481 e. The predicted octanol–water partition coefficient (Wildman–Crippen LogP) is 3.45. The first-order valence-electron chi connectivity index (χ1n) is 19.8. The maximum atomic E-state index is 11.5. The van der Waals surface area contributed by atoms with Crippen molar-refractivity contribution in [3.63, 3.8) is 0 Å². The Morgan fingerprint density at radius 3 is 2.61 bits per heavy atom. The first kappa shape index (κ1) is 41.9. The number of likely N-dealkylation sites (N-methyl/N-ethyl adjacent to an activating group) is 1. The molecule has 0 spiro atoms. The van der Waals surface area contributed by atoms with Crippen molar-refractivity contribution in [3.8, 4) is 0 Å². The zero-order chi connectivity index (χ0) is 38.1. The number of amides is 2. The van der Waals surface area contributed by atoms with Crippen LogP contribution >= 0.6 is 11.8 Å². The summed E-state index contributed by atoms with van der Waals surface area (Å²) >= 11 is 2.00. The third kappa shape index (κ3) is 12.7. The first-order valence-corrected chi connectivity index (χ1v) is 20.9. The van der Waals surface area contributed by atoms with Gasteiger partial charge >= 0.3 is 12.0 Å². The van der Waals surface area contributed by atoms with Gasteiger partial charge in [0, 0.05) is 36.7 Å². The number of aliphatic hydroxyl groups excluding tert-OH is 2. The maximum absolute atomic E-state index is 11.5. The number of carbonyl (C=O) groups is 2. The molecule has 3 aliphatic rings. The molecule has 3 fully saturated rings. The minimum atomic E-state index is -1.19. The monoisotopic (exact) mass is 772 g/mol. The van der Waals surface area contributed by atoms with Crippen molar-refractivity contribution in [1.29, 1.82) is 0 Å². The molecule has 0 bridgehead atoms. The molecule has 0 radical (unpaired) electrons. The summed E-state index contributed by atoms with van der Waals surface area (Å²) in [6.45, 7) is 3.92. The summed E-state index contributed by atoms with van der Waals surface area (Å²) in [6, 6.07) is 0.648. The predicted molar refractivity (Wildman–Crippen MR) is 211 cm³/mol. The van der Waals surface area contributed by atoms with E-state index in [1.54, 1.807) is 4.57 Å². The molecule has 3 aliphatic heterocycles. The van der Waals surface area contributed by atoms with Crippen LogP contribution in [-0.2, 0) is 9.53 Å². The number of carbonyl (C=O) groups excluding carboxylic acids is 1. The van der Waals surface area contributed by atoms with E-state index in [-0.39, 0.29) is 12.5 Å². The number of unbranched alkanes of at least 4 members (excludes halogenated alkanes) is 8. The fourth-order valence-electron chi connectivity index (χ4n) is 7.28. The topological polar surface area (TPSA) is 212 Å². The van der Waals surface area contributed by atoms with Gasteiger partial charge in [-0.05, 0) is 90.7 Å². The number of carboxylic acids is 1. The third-order valence-electron chi connectivity index (χ3n) is 10.3. The molecule has 300 valence electrons. The Balaban J connectivity index is 0.865. The van der Waals surface area contributed by atoms with Crippen LogP contribution in [0.15, 0.2) is 22.6 Å². The molecule has 5 heterocycles. The van der Waals surface area contributed by atoms with Gasteiger partial charge < -0.3 is 40.9 Å². The van der Waals surface area contributed by atoms with Gasteiger partial charge in [0.1, 0.15) is 24.6 Å². The third-order valence-corrected chi connectivity index (χ3v) is 11.8. The van der Waals surface area contributed by atoms with E-state index in [4.69, 9.17) is 9.84 Å². The standard InChI is InChI=1S/C37H60N10O6S/c1-46(21-13-15-29(48)49)22-27-32(50)33(51)36(53-27)47-25-43-31-34(41-24-42-35(31)47)40-20-12-4-2-3-8-16-38-18-10-6-11-19-39-17-9-5-7-14-28-30-26(23-54-28)44-37(52)45-30/h16,20,24-28,30,32-33,36,39,50-51H,2-15,17-19,21-23H2,1H3,(H,48,49)(H2,44,45,52)/t26-,27-,28-,30-,32-,33-,36-/m1/s1. The molecule has 5 rings (SSSR count). The molecule has 7 atom stereocenters. The molecule has 2 aromatic rings. The van der Waals surface area contributed by atoms with Crippen molar-refractivity contribution in [2.45, 2.75) is 132 Å². The van der Waals surface area contributed by atoms with E-state index in [0.717, 1.165) is 63.9 Å². The molecule has 0 saturated carbocycles. The Labute approximate surface area is 322 Å². The van der Waals surface area contributed by atoms with Crippen molar-refractivity contribution in [2.24, 2.45) is 9.98 Å². The minimum absolute atomic E-state index is 0.00143. The molecule has 0 aromatic carbocycles. The Kier molecular flexibility index (Phi) is 17.4. The molecule has 3 saturated heterocycles. The minimum Gasteiger partial charge on any atom is -0.481 e. The van der Waals surface area contributed by atoms with Crippen LogP contribution in [0.5, 0.6) is 0 Å². The van der Waals surface area contributed by atoms with Crippen LogP contribution < -0.4 is 16.0 Å². The number of aliphatic imine (C=N–C) groups is 2. The molecule has 16 nitrogen and oxygen atoms in total. The summed E-state index contributed by atoms with van der Waals surface area (Å²) in [7, 11) is 1.83. The number of nitrogens with one attached hydrogen (secondary N) is 3. The number of hydrogen-bond donors (Lipinski definition) is 6. The quantitative estimate of drug-likeness (QED) is 0.0461. The lowest BCUT2D eigenvalue weighted by atomic mass is 10.0. The number of thioether (sulfide) groups is 1. The van der Waals surface area contributed by atoms with Gasteiger partial charge in [0.05, 0.1) is 18.4 Å². The van der Waals surface area contributed by atoms with Gasteiger partial charge in [-0.3, -0.25) is 14.4 Å². The van der Waals surface area contributed by atoms with Gasteiger partial charge in [-0.1, -0.05) is 25.7 Å². The number of imidazole rings is 1. The summed E-state index contributed by atoms with van der Waals surface area (Å²) in [5.41, 5.74) is 0.940. The van der Waals surface area contributed by atoms with Crippen LogP contribution in [0.3, 0.4) is 0 Å². The number of carboxylic acid groups (broad SMARTS) is 1. The number of fused-ring (bicyclic) bond motifs is 2. The highest BCUT2D eigenvalue weighted by molar-refractivity contribution is 8.00. The highest BCUT2D eigenvalue weighted by atomic mass is 32.2. The van der Waals surface area contributed by atoms with E-state index in [9.17, 15) is 19.8 Å². The van der Waals surface area contributed by atoms with Crippen molar-refractivity contribution in [2.75, 3.05) is 45.5 Å². The summed E-state index contributed by atoms with van der Waals surface area (Å²) in [6.07, 6.45) is 16.9. The molecule has 6 N–H and O–H groups in total. The second-order valence-corrected chi connectivity index (χ2v) is 15.9. The molecular formula is C37H60N10O6S. The van der Waals surface area contributed by atoms with E-state index >= 15 is 0 Å². The smallest absolute Gasteiger partial charge is 0.315 e.